The lowest BCUT2D eigenvalue weighted by atomic mass is 10.3. The standard InChI is InChI=1S/C9H12BrN3/c10-8-5-12-9(13-6-8)11-4-3-7-1-2-7/h5-7H,1-4H2,(H,11,12,13). The predicted octanol–water partition coefficient (Wildman–Crippen LogP) is 2.45. The van der Waals surface area contributed by atoms with Crippen LogP contribution in [-0.4, -0.2) is 16.5 Å². The second-order valence-electron chi connectivity index (χ2n) is 3.38. The largest absolute Gasteiger partial charge is 0.354 e. The summed E-state index contributed by atoms with van der Waals surface area (Å²) in [5, 5.41) is 3.20. The van der Waals surface area contributed by atoms with Gasteiger partial charge in [-0.25, -0.2) is 9.97 Å². The summed E-state index contributed by atoms with van der Waals surface area (Å²) < 4.78 is 0.917. The zero-order valence-electron chi connectivity index (χ0n) is 7.33. The summed E-state index contributed by atoms with van der Waals surface area (Å²) in [5.41, 5.74) is 0. The molecular formula is C9H12BrN3. The molecule has 1 aromatic rings. The normalized spacial score (nSPS) is 15.8. The highest BCUT2D eigenvalue weighted by atomic mass is 79.9. The number of anilines is 1. The molecule has 0 aromatic carbocycles. The van der Waals surface area contributed by atoms with Gasteiger partial charge >= 0.3 is 0 Å². The second kappa shape index (κ2) is 4.05. The lowest BCUT2D eigenvalue weighted by Crippen LogP contribution is -2.05. The van der Waals surface area contributed by atoms with Crippen LogP contribution in [-0.2, 0) is 0 Å². The molecule has 3 nitrogen and oxygen atoms in total. The number of rotatable bonds is 4. The maximum Gasteiger partial charge on any atom is 0.222 e. The van der Waals surface area contributed by atoms with Gasteiger partial charge in [0.2, 0.25) is 5.95 Å². The predicted molar refractivity (Wildman–Crippen MR) is 55.6 cm³/mol. The SMILES string of the molecule is Brc1cnc(NCCC2CC2)nc1. The van der Waals surface area contributed by atoms with Crippen molar-refractivity contribution < 1.29 is 0 Å². The van der Waals surface area contributed by atoms with E-state index in [4.69, 9.17) is 0 Å². The van der Waals surface area contributed by atoms with Crippen molar-refractivity contribution in [2.75, 3.05) is 11.9 Å². The van der Waals surface area contributed by atoms with E-state index in [1.165, 1.54) is 19.3 Å². The Kier molecular flexibility index (Phi) is 2.78. The summed E-state index contributed by atoms with van der Waals surface area (Å²) in [6, 6.07) is 0. The molecule has 0 aliphatic heterocycles. The van der Waals surface area contributed by atoms with Crippen LogP contribution in [0.25, 0.3) is 0 Å². The van der Waals surface area contributed by atoms with Crippen molar-refractivity contribution in [3.05, 3.63) is 16.9 Å². The molecule has 1 saturated carbocycles. The fraction of sp³-hybridized carbons (Fsp3) is 0.556. The van der Waals surface area contributed by atoms with Crippen molar-refractivity contribution in [1.29, 1.82) is 0 Å². The van der Waals surface area contributed by atoms with Crippen molar-refractivity contribution in [2.45, 2.75) is 19.3 Å². The Hall–Kier alpha value is -0.640. The van der Waals surface area contributed by atoms with Crippen molar-refractivity contribution in [3.8, 4) is 0 Å². The van der Waals surface area contributed by atoms with Gasteiger partial charge in [0.25, 0.3) is 0 Å². The van der Waals surface area contributed by atoms with E-state index in [0.717, 1.165) is 22.9 Å². The molecule has 1 aromatic heterocycles. The van der Waals surface area contributed by atoms with E-state index in [1.54, 1.807) is 12.4 Å². The molecule has 4 heteroatoms. The molecule has 1 fully saturated rings. The average molecular weight is 242 g/mol. The smallest absolute Gasteiger partial charge is 0.222 e. The topological polar surface area (TPSA) is 37.8 Å². The quantitative estimate of drug-likeness (QED) is 0.881. The van der Waals surface area contributed by atoms with Crippen LogP contribution in [0.4, 0.5) is 5.95 Å². The first kappa shape index (κ1) is 8.94. The van der Waals surface area contributed by atoms with E-state index < -0.39 is 0 Å². The van der Waals surface area contributed by atoms with Crippen LogP contribution in [0.3, 0.4) is 0 Å². The Morgan fingerprint density at radius 2 is 2.08 bits per heavy atom. The molecule has 0 atom stereocenters. The Morgan fingerprint density at radius 1 is 1.38 bits per heavy atom. The van der Waals surface area contributed by atoms with E-state index in [1.807, 2.05) is 0 Å². The minimum atomic E-state index is 0.726. The Labute approximate surface area is 86.1 Å². The van der Waals surface area contributed by atoms with Crippen LogP contribution >= 0.6 is 15.9 Å². The van der Waals surface area contributed by atoms with Gasteiger partial charge in [0.15, 0.2) is 0 Å². The van der Waals surface area contributed by atoms with Gasteiger partial charge < -0.3 is 5.32 Å². The number of hydrogen-bond donors (Lipinski definition) is 1. The van der Waals surface area contributed by atoms with E-state index in [2.05, 4.69) is 31.2 Å². The molecular weight excluding hydrogens is 230 g/mol. The van der Waals surface area contributed by atoms with Gasteiger partial charge in [-0.2, -0.15) is 0 Å². The summed E-state index contributed by atoms with van der Waals surface area (Å²) in [5.74, 6) is 1.69. The highest BCUT2D eigenvalue weighted by molar-refractivity contribution is 9.10. The van der Waals surface area contributed by atoms with Gasteiger partial charge in [-0.15, -0.1) is 0 Å². The average Bonchev–Trinajstić information content (AvgIpc) is 2.92. The van der Waals surface area contributed by atoms with Crippen molar-refractivity contribution >= 4 is 21.9 Å². The van der Waals surface area contributed by atoms with Crippen LogP contribution in [0.15, 0.2) is 16.9 Å². The third-order valence-corrected chi connectivity index (χ3v) is 2.56. The minimum Gasteiger partial charge on any atom is -0.354 e. The Bertz CT molecular complexity index is 269. The van der Waals surface area contributed by atoms with Gasteiger partial charge in [-0.1, -0.05) is 12.8 Å². The fourth-order valence-electron chi connectivity index (χ4n) is 1.20. The van der Waals surface area contributed by atoms with E-state index >= 15 is 0 Å². The molecule has 70 valence electrons. The maximum atomic E-state index is 4.13. The van der Waals surface area contributed by atoms with Crippen molar-refractivity contribution in [3.63, 3.8) is 0 Å². The highest BCUT2D eigenvalue weighted by Crippen LogP contribution is 2.31. The molecule has 2 rings (SSSR count). The van der Waals surface area contributed by atoms with E-state index in [0.29, 0.717) is 0 Å². The van der Waals surface area contributed by atoms with Crippen molar-refractivity contribution in [1.82, 2.24) is 9.97 Å². The molecule has 1 heterocycles. The minimum absolute atomic E-state index is 0.726. The summed E-state index contributed by atoms with van der Waals surface area (Å²) in [6.45, 7) is 0.992. The first-order valence-electron chi connectivity index (χ1n) is 4.56. The third-order valence-electron chi connectivity index (χ3n) is 2.15. The summed E-state index contributed by atoms with van der Waals surface area (Å²) >= 11 is 3.29. The lowest BCUT2D eigenvalue weighted by Gasteiger charge is -2.02. The Morgan fingerprint density at radius 3 is 2.69 bits per heavy atom. The molecule has 13 heavy (non-hydrogen) atoms. The van der Waals surface area contributed by atoms with Gasteiger partial charge in [-0.3, -0.25) is 0 Å². The zero-order chi connectivity index (χ0) is 9.10. The second-order valence-corrected chi connectivity index (χ2v) is 4.30. The lowest BCUT2D eigenvalue weighted by molar-refractivity contribution is 0.755. The Balaban J connectivity index is 1.76. The van der Waals surface area contributed by atoms with Crippen LogP contribution in [0.5, 0.6) is 0 Å². The fourth-order valence-corrected chi connectivity index (χ4v) is 1.40. The summed E-state index contributed by atoms with van der Waals surface area (Å²) in [4.78, 5) is 8.25. The van der Waals surface area contributed by atoms with Gasteiger partial charge in [-0.05, 0) is 28.3 Å². The number of halogens is 1. The molecule has 0 amide bonds. The zero-order valence-corrected chi connectivity index (χ0v) is 8.92. The first-order valence-corrected chi connectivity index (χ1v) is 5.35. The molecule has 0 bridgehead atoms. The number of aromatic nitrogens is 2. The molecule has 1 aliphatic carbocycles. The number of nitrogens with zero attached hydrogens (tertiary/aromatic N) is 2. The van der Waals surface area contributed by atoms with Gasteiger partial charge in [0, 0.05) is 18.9 Å². The van der Waals surface area contributed by atoms with Crippen molar-refractivity contribution in [2.24, 2.45) is 5.92 Å². The summed E-state index contributed by atoms with van der Waals surface area (Å²) in [6.07, 6.45) is 7.57. The van der Waals surface area contributed by atoms with Gasteiger partial charge in [0.05, 0.1) is 4.47 Å². The number of hydrogen-bond acceptors (Lipinski definition) is 3. The third kappa shape index (κ3) is 2.95. The highest BCUT2D eigenvalue weighted by Gasteiger charge is 2.20. The van der Waals surface area contributed by atoms with Crippen LogP contribution in [0, 0.1) is 5.92 Å². The van der Waals surface area contributed by atoms with E-state index in [9.17, 15) is 0 Å². The molecule has 0 radical (unpaired) electrons. The van der Waals surface area contributed by atoms with Crippen LogP contribution in [0.1, 0.15) is 19.3 Å². The van der Waals surface area contributed by atoms with Gasteiger partial charge in [0.1, 0.15) is 0 Å². The monoisotopic (exact) mass is 241 g/mol. The maximum absolute atomic E-state index is 4.13. The molecule has 0 saturated heterocycles. The molecule has 1 aliphatic rings. The van der Waals surface area contributed by atoms with Crippen LogP contribution in [0.2, 0.25) is 0 Å². The molecule has 0 spiro atoms. The summed E-state index contributed by atoms with van der Waals surface area (Å²) in [7, 11) is 0. The molecule has 1 N–H and O–H groups in total. The molecule has 0 unspecified atom stereocenters. The first-order chi connectivity index (χ1) is 6.34. The van der Waals surface area contributed by atoms with Crippen LogP contribution < -0.4 is 5.32 Å². The van der Waals surface area contributed by atoms with E-state index in [-0.39, 0.29) is 0 Å². The number of nitrogens with one attached hydrogen (secondary N) is 1.